The highest BCUT2D eigenvalue weighted by Gasteiger charge is 2.23. The number of nitrogens with zero attached hydrogens (tertiary/aromatic N) is 3. The van der Waals surface area contributed by atoms with E-state index in [2.05, 4.69) is 50.6 Å². The fourth-order valence-corrected chi connectivity index (χ4v) is 4.66. The maximum absolute atomic E-state index is 11.5. The van der Waals surface area contributed by atoms with Gasteiger partial charge < -0.3 is 15.2 Å². The average Bonchev–Trinajstić information content (AvgIpc) is 3.38. The van der Waals surface area contributed by atoms with Crippen LogP contribution in [0.15, 0.2) is 53.5 Å². The summed E-state index contributed by atoms with van der Waals surface area (Å²) in [4.78, 5) is 18.6. The van der Waals surface area contributed by atoms with E-state index >= 15 is 0 Å². The number of likely N-dealkylation sites (tertiary alicyclic amines) is 1. The first-order valence-electron chi connectivity index (χ1n) is 9.87. The minimum atomic E-state index is -0.161. The van der Waals surface area contributed by atoms with E-state index < -0.39 is 0 Å². The lowest BCUT2D eigenvalue weighted by Gasteiger charge is -2.31. The predicted molar refractivity (Wildman–Crippen MR) is 114 cm³/mol. The number of aryl methyl sites for hydroxylation is 1. The number of carbonyl (C=O) groups is 1. The molecule has 3 heterocycles. The maximum Gasteiger partial charge on any atom is 0.221 e. The average molecular weight is 395 g/mol. The first kappa shape index (κ1) is 18.9. The molecule has 146 valence electrons. The van der Waals surface area contributed by atoms with Crippen molar-refractivity contribution in [1.29, 1.82) is 0 Å². The highest BCUT2D eigenvalue weighted by molar-refractivity contribution is 7.08. The molecule has 5 nitrogen and oxygen atoms in total. The van der Waals surface area contributed by atoms with Crippen LogP contribution in [-0.2, 0) is 11.3 Å². The molecule has 1 saturated heterocycles. The highest BCUT2D eigenvalue weighted by Crippen LogP contribution is 2.32. The fraction of sp³-hybridized carbons (Fsp3) is 0.364. The van der Waals surface area contributed by atoms with Crippen molar-refractivity contribution in [3.8, 4) is 22.5 Å². The Labute approximate surface area is 169 Å². The van der Waals surface area contributed by atoms with Crippen molar-refractivity contribution in [2.24, 2.45) is 11.7 Å². The number of primary amides is 1. The number of hydrogen-bond donors (Lipinski definition) is 1. The number of hydrogen-bond acceptors (Lipinski definition) is 4. The lowest BCUT2D eigenvalue weighted by atomic mass is 9.97. The van der Waals surface area contributed by atoms with Gasteiger partial charge in [-0.25, -0.2) is 4.98 Å². The van der Waals surface area contributed by atoms with Crippen molar-refractivity contribution in [3.05, 3.63) is 53.5 Å². The Bertz CT molecular complexity index is 904. The second kappa shape index (κ2) is 8.71. The fourth-order valence-electron chi connectivity index (χ4n) is 4.02. The smallest absolute Gasteiger partial charge is 0.221 e. The zero-order valence-corrected chi connectivity index (χ0v) is 16.8. The number of thiophene rings is 1. The molecule has 1 aliphatic rings. The van der Waals surface area contributed by atoms with Gasteiger partial charge in [-0.3, -0.25) is 4.79 Å². The molecule has 0 saturated carbocycles. The van der Waals surface area contributed by atoms with E-state index in [4.69, 9.17) is 10.7 Å². The summed E-state index contributed by atoms with van der Waals surface area (Å²) in [5, 5.41) is 4.29. The first-order chi connectivity index (χ1) is 13.7. The summed E-state index contributed by atoms with van der Waals surface area (Å²) in [7, 11) is 0. The summed E-state index contributed by atoms with van der Waals surface area (Å²) in [5.41, 5.74) is 10.1. The molecule has 2 N–H and O–H groups in total. The van der Waals surface area contributed by atoms with Gasteiger partial charge in [-0.2, -0.15) is 11.3 Å². The van der Waals surface area contributed by atoms with Crippen LogP contribution in [-0.4, -0.2) is 40.0 Å². The van der Waals surface area contributed by atoms with Crippen molar-refractivity contribution in [1.82, 2.24) is 14.5 Å². The van der Waals surface area contributed by atoms with E-state index in [1.165, 1.54) is 11.3 Å². The van der Waals surface area contributed by atoms with Gasteiger partial charge in [0.1, 0.15) is 0 Å². The molecule has 1 aliphatic heterocycles. The number of carbonyl (C=O) groups excluding carboxylic acids is 1. The van der Waals surface area contributed by atoms with Crippen LogP contribution in [0.4, 0.5) is 0 Å². The largest absolute Gasteiger partial charge is 0.369 e. The van der Waals surface area contributed by atoms with Crippen LogP contribution >= 0.6 is 11.3 Å². The van der Waals surface area contributed by atoms with Crippen LogP contribution in [0.5, 0.6) is 0 Å². The monoisotopic (exact) mass is 394 g/mol. The molecule has 1 amide bonds. The quantitative estimate of drug-likeness (QED) is 0.662. The maximum atomic E-state index is 11.5. The first-order valence-corrected chi connectivity index (χ1v) is 10.8. The Morgan fingerprint density at radius 2 is 2.04 bits per heavy atom. The summed E-state index contributed by atoms with van der Waals surface area (Å²) in [6, 6.07) is 12.5. The van der Waals surface area contributed by atoms with Crippen molar-refractivity contribution < 1.29 is 4.79 Å². The Kier molecular flexibility index (Phi) is 5.88. The van der Waals surface area contributed by atoms with Crippen molar-refractivity contribution in [3.63, 3.8) is 0 Å². The van der Waals surface area contributed by atoms with Gasteiger partial charge in [-0.1, -0.05) is 30.3 Å². The molecule has 0 aliphatic carbocycles. The third kappa shape index (κ3) is 4.18. The lowest BCUT2D eigenvalue weighted by Crippen LogP contribution is -2.41. The number of aromatic nitrogens is 2. The molecule has 6 heteroatoms. The Morgan fingerprint density at radius 1 is 1.18 bits per heavy atom. The van der Waals surface area contributed by atoms with Crippen molar-refractivity contribution in [2.45, 2.75) is 25.8 Å². The molecule has 0 spiro atoms. The normalized spacial score (nSPS) is 17.6. The molecule has 1 aromatic carbocycles. The van der Waals surface area contributed by atoms with Gasteiger partial charge in [0.25, 0.3) is 0 Å². The number of amides is 1. The molecular weight excluding hydrogens is 368 g/mol. The van der Waals surface area contributed by atoms with Crippen LogP contribution in [0.25, 0.3) is 22.5 Å². The second-order valence-electron chi connectivity index (χ2n) is 7.41. The minimum Gasteiger partial charge on any atom is -0.369 e. The van der Waals surface area contributed by atoms with Crippen molar-refractivity contribution in [2.75, 3.05) is 19.6 Å². The Hall–Kier alpha value is -2.44. The molecular formula is C22H26N4OS. The van der Waals surface area contributed by atoms with Crippen LogP contribution < -0.4 is 5.73 Å². The van der Waals surface area contributed by atoms with Crippen LogP contribution in [0.3, 0.4) is 0 Å². The number of nitrogens with two attached hydrogens (primary N) is 1. The predicted octanol–water partition coefficient (Wildman–Crippen LogP) is 3.87. The van der Waals surface area contributed by atoms with Gasteiger partial charge in [-0.15, -0.1) is 0 Å². The van der Waals surface area contributed by atoms with Gasteiger partial charge in [0.2, 0.25) is 5.91 Å². The zero-order valence-electron chi connectivity index (χ0n) is 16.0. The molecule has 1 atom stereocenters. The molecule has 0 radical (unpaired) electrons. The number of rotatable bonds is 7. The lowest BCUT2D eigenvalue weighted by molar-refractivity contribution is -0.123. The summed E-state index contributed by atoms with van der Waals surface area (Å²) >= 11 is 1.71. The van der Waals surface area contributed by atoms with Crippen molar-refractivity contribution >= 4 is 17.2 Å². The van der Waals surface area contributed by atoms with Gasteiger partial charge in [0.15, 0.2) is 0 Å². The minimum absolute atomic E-state index is 0.00745. The molecule has 2 aromatic heterocycles. The Balaban J connectivity index is 1.48. The standard InChI is InChI=1S/C22H26N4OS/c23-22(27)18-8-4-10-25(14-18)11-5-12-26-16-24-20(17-6-2-1-3-7-17)21(26)19-9-13-28-15-19/h1-3,6-7,9,13,15-16,18H,4-5,8,10-12,14H2,(H2,23,27)/t18-/m1/s1. The molecule has 4 rings (SSSR count). The van der Waals surface area contributed by atoms with E-state index in [1.54, 1.807) is 11.3 Å². The topological polar surface area (TPSA) is 64.2 Å². The summed E-state index contributed by atoms with van der Waals surface area (Å²) in [6.45, 7) is 3.74. The summed E-state index contributed by atoms with van der Waals surface area (Å²) < 4.78 is 2.26. The van der Waals surface area contributed by atoms with Crippen LogP contribution in [0, 0.1) is 5.92 Å². The van der Waals surface area contributed by atoms with Gasteiger partial charge in [0.05, 0.1) is 23.6 Å². The number of piperidine rings is 1. The molecule has 3 aromatic rings. The summed E-state index contributed by atoms with van der Waals surface area (Å²) in [6.07, 6.45) is 4.96. The third-order valence-corrected chi connectivity index (χ3v) is 6.14. The van der Waals surface area contributed by atoms with Gasteiger partial charge in [-0.05, 0) is 43.8 Å². The molecule has 0 bridgehead atoms. The van der Waals surface area contributed by atoms with E-state index in [9.17, 15) is 4.79 Å². The van der Waals surface area contributed by atoms with Crippen LogP contribution in [0.1, 0.15) is 19.3 Å². The van der Waals surface area contributed by atoms with Gasteiger partial charge >= 0.3 is 0 Å². The molecule has 28 heavy (non-hydrogen) atoms. The van der Waals surface area contributed by atoms with Crippen LogP contribution in [0.2, 0.25) is 0 Å². The van der Waals surface area contributed by atoms with E-state index in [0.29, 0.717) is 0 Å². The zero-order chi connectivity index (χ0) is 19.3. The van der Waals surface area contributed by atoms with Gasteiger partial charge in [0, 0.05) is 29.6 Å². The summed E-state index contributed by atoms with van der Waals surface area (Å²) in [5.74, 6) is -0.153. The van der Waals surface area contributed by atoms with E-state index in [0.717, 1.165) is 56.7 Å². The Morgan fingerprint density at radius 3 is 2.79 bits per heavy atom. The molecule has 0 unspecified atom stereocenters. The van der Waals surface area contributed by atoms with E-state index in [-0.39, 0.29) is 11.8 Å². The molecule has 1 fully saturated rings. The number of benzene rings is 1. The second-order valence-corrected chi connectivity index (χ2v) is 8.19. The third-order valence-electron chi connectivity index (χ3n) is 5.46. The SMILES string of the molecule is NC(=O)[C@@H]1CCCN(CCCn2cnc(-c3ccccc3)c2-c2ccsc2)C1. The number of imidazole rings is 1. The highest BCUT2D eigenvalue weighted by atomic mass is 32.1. The van der Waals surface area contributed by atoms with E-state index in [1.807, 2.05) is 12.4 Å².